The minimum atomic E-state index is 0.677. The van der Waals surface area contributed by atoms with Crippen molar-refractivity contribution in [2.45, 2.75) is 59.0 Å². The van der Waals surface area contributed by atoms with Gasteiger partial charge in [0.2, 0.25) is 0 Å². The van der Waals surface area contributed by atoms with Gasteiger partial charge in [-0.15, -0.1) is 0 Å². The molecule has 3 heteroatoms. The molecular formula is C13H25N3. The monoisotopic (exact) mass is 223 g/mol. The topological polar surface area (TPSA) is 29.9 Å². The second-order valence-corrected chi connectivity index (χ2v) is 4.48. The molecule has 16 heavy (non-hydrogen) atoms. The molecule has 1 N–H and O–H groups in total. The molecule has 0 aliphatic carbocycles. The predicted octanol–water partition coefficient (Wildman–Crippen LogP) is 2.75. The summed E-state index contributed by atoms with van der Waals surface area (Å²) in [5.74, 6) is 0. The standard InChI is InChI=1S/C13H25N3/c1-4-8-14-13(5-2)7-6-9-16-11-12(3)10-15-16/h10-11,13-14H,4-9H2,1-3H3. The molecule has 0 aliphatic rings. The fourth-order valence-corrected chi connectivity index (χ4v) is 1.89. The lowest BCUT2D eigenvalue weighted by molar-refractivity contribution is 0.431. The number of aryl methyl sites for hydroxylation is 2. The van der Waals surface area contributed by atoms with Gasteiger partial charge in [-0.25, -0.2) is 0 Å². The van der Waals surface area contributed by atoms with Gasteiger partial charge in [0.05, 0.1) is 6.20 Å². The van der Waals surface area contributed by atoms with Crippen LogP contribution in [0.2, 0.25) is 0 Å². The Morgan fingerprint density at radius 1 is 1.44 bits per heavy atom. The summed E-state index contributed by atoms with van der Waals surface area (Å²) in [6, 6.07) is 0.677. The maximum absolute atomic E-state index is 4.30. The van der Waals surface area contributed by atoms with Gasteiger partial charge in [0.15, 0.2) is 0 Å². The second-order valence-electron chi connectivity index (χ2n) is 4.48. The van der Waals surface area contributed by atoms with E-state index in [9.17, 15) is 0 Å². The highest BCUT2D eigenvalue weighted by molar-refractivity contribution is 4.99. The number of rotatable bonds is 8. The SMILES string of the molecule is CCCNC(CC)CCCn1cc(C)cn1. The van der Waals surface area contributed by atoms with Crippen molar-refractivity contribution in [3.05, 3.63) is 18.0 Å². The van der Waals surface area contributed by atoms with Crippen molar-refractivity contribution >= 4 is 0 Å². The fourth-order valence-electron chi connectivity index (χ4n) is 1.89. The van der Waals surface area contributed by atoms with Crippen molar-refractivity contribution in [2.24, 2.45) is 0 Å². The molecule has 0 spiro atoms. The quantitative estimate of drug-likeness (QED) is 0.734. The minimum Gasteiger partial charge on any atom is -0.314 e. The lowest BCUT2D eigenvalue weighted by Gasteiger charge is -2.16. The van der Waals surface area contributed by atoms with E-state index in [-0.39, 0.29) is 0 Å². The molecule has 92 valence electrons. The Kier molecular flexibility index (Phi) is 6.16. The summed E-state index contributed by atoms with van der Waals surface area (Å²) >= 11 is 0. The van der Waals surface area contributed by atoms with Crippen LogP contribution in [0.5, 0.6) is 0 Å². The molecule has 0 saturated carbocycles. The Labute approximate surface area is 99.2 Å². The first kappa shape index (κ1) is 13.2. The van der Waals surface area contributed by atoms with Crippen LogP contribution in [-0.2, 0) is 6.54 Å². The highest BCUT2D eigenvalue weighted by Crippen LogP contribution is 2.04. The molecule has 0 aliphatic heterocycles. The summed E-state index contributed by atoms with van der Waals surface area (Å²) in [5, 5.41) is 7.88. The first-order chi connectivity index (χ1) is 7.76. The summed E-state index contributed by atoms with van der Waals surface area (Å²) in [7, 11) is 0. The van der Waals surface area contributed by atoms with Crippen LogP contribution in [-0.4, -0.2) is 22.4 Å². The van der Waals surface area contributed by atoms with Crippen molar-refractivity contribution in [3.8, 4) is 0 Å². The van der Waals surface area contributed by atoms with Gasteiger partial charge < -0.3 is 5.32 Å². The van der Waals surface area contributed by atoms with Gasteiger partial charge in [0, 0.05) is 18.8 Å². The van der Waals surface area contributed by atoms with Crippen LogP contribution in [0.3, 0.4) is 0 Å². The van der Waals surface area contributed by atoms with Crippen LogP contribution in [0.15, 0.2) is 12.4 Å². The lowest BCUT2D eigenvalue weighted by Crippen LogP contribution is -2.29. The summed E-state index contributed by atoms with van der Waals surface area (Å²) in [4.78, 5) is 0. The summed E-state index contributed by atoms with van der Waals surface area (Å²) < 4.78 is 2.04. The zero-order chi connectivity index (χ0) is 11.8. The van der Waals surface area contributed by atoms with Gasteiger partial charge in [0.1, 0.15) is 0 Å². The van der Waals surface area contributed by atoms with E-state index in [2.05, 4.69) is 37.4 Å². The number of nitrogens with one attached hydrogen (secondary N) is 1. The van der Waals surface area contributed by atoms with Gasteiger partial charge in [0.25, 0.3) is 0 Å². The molecule has 1 aromatic rings. The largest absolute Gasteiger partial charge is 0.314 e. The summed E-state index contributed by atoms with van der Waals surface area (Å²) in [5.41, 5.74) is 1.25. The van der Waals surface area contributed by atoms with Crippen molar-refractivity contribution in [2.75, 3.05) is 6.54 Å². The lowest BCUT2D eigenvalue weighted by atomic mass is 10.1. The molecule has 0 fully saturated rings. The van der Waals surface area contributed by atoms with E-state index in [0.717, 1.165) is 13.1 Å². The fraction of sp³-hybridized carbons (Fsp3) is 0.769. The van der Waals surface area contributed by atoms with E-state index < -0.39 is 0 Å². The molecule has 1 atom stereocenters. The van der Waals surface area contributed by atoms with Gasteiger partial charge in [-0.1, -0.05) is 13.8 Å². The third-order valence-corrected chi connectivity index (χ3v) is 2.88. The molecule has 0 aromatic carbocycles. The zero-order valence-electron chi connectivity index (χ0n) is 10.9. The van der Waals surface area contributed by atoms with Crippen molar-refractivity contribution < 1.29 is 0 Å². The second kappa shape index (κ2) is 7.44. The van der Waals surface area contributed by atoms with E-state index in [0.29, 0.717) is 6.04 Å². The number of aromatic nitrogens is 2. The average molecular weight is 223 g/mol. The maximum Gasteiger partial charge on any atom is 0.0518 e. The Balaban J connectivity index is 2.17. The molecule has 1 aromatic heterocycles. The molecule has 0 amide bonds. The minimum absolute atomic E-state index is 0.677. The molecule has 1 unspecified atom stereocenters. The first-order valence-electron chi connectivity index (χ1n) is 6.48. The average Bonchev–Trinajstić information content (AvgIpc) is 2.69. The van der Waals surface area contributed by atoms with Crippen LogP contribution in [0.1, 0.15) is 45.1 Å². The summed E-state index contributed by atoms with van der Waals surface area (Å²) in [6.45, 7) is 8.73. The van der Waals surface area contributed by atoms with Crippen LogP contribution < -0.4 is 5.32 Å². The predicted molar refractivity (Wildman–Crippen MR) is 68.6 cm³/mol. The Bertz CT molecular complexity index is 280. The normalized spacial score (nSPS) is 12.9. The molecule has 1 rings (SSSR count). The smallest absolute Gasteiger partial charge is 0.0518 e. The zero-order valence-corrected chi connectivity index (χ0v) is 10.9. The van der Waals surface area contributed by atoms with Gasteiger partial charge in [-0.3, -0.25) is 4.68 Å². The maximum atomic E-state index is 4.30. The Morgan fingerprint density at radius 3 is 2.81 bits per heavy atom. The first-order valence-corrected chi connectivity index (χ1v) is 6.48. The Morgan fingerprint density at radius 2 is 2.25 bits per heavy atom. The van der Waals surface area contributed by atoms with Gasteiger partial charge in [-0.2, -0.15) is 5.10 Å². The molecule has 0 bridgehead atoms. The number of hydrogen-bond donors (Lipinski definition) is 1. The highest BCUT2D eigenvalue weighted by Gasteiger charge is 2.04. The van der Waals surface area contributed by atoms with Crippen molar-refractivity contribution in [3.63, 3.8) is 0 Å². The third kappa shape index (κ3) is 4.79. The van der Waals surface area contributed by atoms with E-state index in [1.807, 2.05) is 10.9 Å². The number of hydrogen-bond acceptors (Lipinski definition) is 2. The van der Waals surface area contributed by atoms with Crippen molar-refractivity contribution in [1.82, 2.24) is 15.1 Å². The van der Waals surface area contributed by atoms with Gasteiger partial charge >= 0.3 is 0 Å². The van der Waals surface area contributed by atoms with Crippen LogP contribution in [0, 0.1) is 6.92 Å². The van der Waals surface area contributed by atoms with Crippen LogP contribution in [0.4, 0.5) is 0 Å². The van der Waals surface area contributed by atoms with Crippen LogP contribution in [0.25, 0.3) is 0 Å². The molecule has 0 saturated heterocycles. The molecule has 0 radical (unpaired) electrons. The van der Waals surface area contributed by atoms with Gasteiger partial charge in [-0.05, 0) is 44.7 Å². The van der Waals surface area contributed by atoms with E-state index in [1.54, 1.807) is 0 Å². The Hall–Kier alpha value is -0.830. The van der Waals surface area contributed by atoms with E-state index in [1.165, 1.54) is 31.2 Å². The molecular weight excluding hydrogens is 198 g/mol. The molecule has 1 heterocycles. The summed E-state index contributed by atoms with van der Waals surface area (Å²) in [6.07, 6.45) is 8.92. The highest BCUT2D eigenvalue weighted by atomic mass is 15.3. The third-order valence-electron chi connectivity index (χ3n) is 2.88. The van der Waals surface area contributed by atoms with E-state index in [4.69, 9.17) is 0 Å². The molecule has 3 nitrogen and oxygen atoms in total. The van der Waals surface area contributed by atoms with Crippen molar-refractivity contribution in [1.29, 1.82) is 0 Å². The van der Waals surface area contributed by atoms with E-state index >= 15 is 0 Å². The number of nitrogens with zero attached hydrogens (tertiary/aromatic N) is 2. The van der Waals surface area contributed by atoms with Crippen LogP contribution >= 0.6 is 0 Å².